The third-order valence-corrected chi connectivity index (χ3v) is 9.22. The predicted octanol–water partition coefficient (Wildman–Crippen LogP) is 1.35. The minimum absolute atomic E-state index is 0.0872. The number of carbonyl (C=O) groups is 2. The number of carboxylic acids is 1. The molecule has 6 heteroatoms. The minimum Gasteiger partial charge on any atom is -0.481 e. The first kappa shape index (κ1) is 15.0. The van der Waals surface area contributed by atoms with Gasteiger partial charge in [0.05, 0.1) is 29.6 Å². The van der Waals surface area contributed by atoms with Crippen LogP contribution in [0.25, 0.3) is 0 Å². The van der Waals surface area contributed by atoms with E-state index in [9.17, 15) is 19.8 Å². The summed E-state index contributed by atoms with van der Waals surface area (Å²) in [5, 5.41) is 20.9. The van der Waals surface area contributed by atoms with Crippen LogP contribution >= 0.6 is 0 Å². The summed E-state index contributed by atoms with van der Waals surface area (Å²) in [5.74, 6) is -1.74. The fraction of sp³-hybridized carbons (Fsp3) is 0.895. The summed E-state index contributed by atoms with van der Waals surface area (Å²) in [6, 6.07) is 0. The van der Waals surface area contributed by atoms with Gasteiger partial charge in [0, 0.05) is 11.8 Å². The zero-order chi connectivity index (χ0) is 17.4. The van der Waals surface area contributed by atoms with E-state index in [1.807, 2.05) is 0 Å². The van der Waals surface area contributed by atoms with E-state index in [1.165, 1.54) is 0 Å². The smallest absolute Gasteiger partial charge is 0.315 e. The van der Waals surface area contributed by atoms with Crippen LogP contribution in [-0.4, -0.2) is 46.1 Å². The molecule has 2 N–H and O–H groups in total. The molecule has 4 aliphatic carbocycles. The molecule has 2 saturated heterocycles. The van der Waals surface area contributed by atoms with Crippen LogP contribution in [0.4, 0.5) is 0 Å². The summed E-state index contributed by atoms with van der Waals surface area (Å²) < 4.78 is 11.9. The van der Waals surface area contributed by atoms with E-state index in [4.69, 9.17) is 9.47 Å². The number of aliphatic carboxylic acids is 1. The third-order valence-electron chi connectivity index (χ3n) is 9.22. The molecular formula is C19H24O6. The van der Waals surface area contributed by atoms with E-state index >= 15 is 0 Å². The van der Waals surface area contributed by atoms with Gasteiger partial charge < -0.3 is 19.7 Å². The number of aliphatic hydroxyl groups is 1. The first-order valence-electron chi connectivity index (χ1n) is 9.58. The molecular weight excluding hydrogens is 324 g/mol. The Morgan fingerprint density at radius 2 is 2.04 bits per heavy atom. The van der Waals surface area contributed by atoms with E-state index in [2.05, 4.69) is 0 Å². The van der Waals surface area contributed by atoms with E-state index in [0.717, 1.165) is 32.3 Å². The fourth-order valence-corrected chi connectivity index (χ4v) is 8.32. The Bertz CT molecular complexity index is 715. The molecule has 6 aliphatic rings. The highest BCUT2D eigenvalue weighted by atomic mass is 16.6. The number of epoxide rings is 1. The van der Waals surface area contributed by atoms with Gasteiger partial charge in [0.2, 0.25) is 0 Å². The van der Waals surface area contributed by atoms with E-state index in [0.29, 0.717) is 18.8 Å². The van der Waals surface area contributed by atoms with E-state index in [1.54, 1.807) is 6.92 Å². The molecule has 4 saturated carbocycles. The number of hydrogen-bond donors (Lipinski definition) is 2. The van der Waals surface area contributed by atoms with Gasteiger partial charge in [0.15, 0.2) is 0 Å². The highest BCUT2D eigenvalue weighted by molar-refractivity contribution is 5.85. The van der Waals surface area contributed by atoms with Gasteiger partial charge in [-0.25, -0.2) is 0 Å². The number of carbonyl (C=O) groups excluding carboxylic acids is 1. The molecule has 6 nitrogen and oxygen atoms in total. The van der Waals surface area contributed by atoms with Gasteiger partial charge >= 0.3 is 11.9 Å². The zero-order valence-corrected chi connectivity index (χ0v) is 14.4. The van der Waals surface area contributed by atoms with Crippen LogP contribution in [0, 0.1) is 34.5 Å². The number of hydrogen-bond acceptors (Lipinski definition) is 5. The molecule has 0 aromatic rings. The van der Waals surface area contributed by atoms with Gasteiger partial charge in [-0.2, -0.15) is 0 Å². The molecule has 1 unspecified atom stereocenters. The summed E-state index contributed by atoms with van der Waals surface area (Å²) in [4.78, 5) is 25.3. The maximum absolute atomic E-state index is 12.8. The molecule has 0 aromatic carbocycles. The highest BCUT2D eigenvalue weighted by Gasteiger charge is 2.85. The Balaban J connectivity index is 1.58. The van der Waals surface area contributed by atoms with Crippen molar-refractivity contribution in [1.29, 1.82) is 0 Å². The van der Waals surface area contributed by atoms with Crippen LogP contribution in [-0.2, 0) is 19.1 Å². The van der Waals surface area contributed by atoms with Crippen LogP contribution in [0.3, 0.4) is 0 Å². The average Bonchev–Trinajstić information content (AvgIpc) is 3.18. The van der Waals surface area contributed by atoms with Crippen molar-refractivity contribution in [2.45, 2.75) is 62.8 Å². The number of aliphatic hydroxyl groups excluding tert-OH is 1. The molecule has 136 valence electrons. The van der Waals surface area contributed by atoms with Crippen LogP contribution in [0.1, 0.15) is 45.4 Å². The van der Waals surface area contributed by atoms with E-state index < -0.39 is 34.9 Å². The molecule has 0 radical (unpaired) electrons. The van der Waals surface area contributed by atoms with Gasteiger partial charge in [0.1, 0.15) is 5.60 Å². The fourth-order valence-electron chi connectivity index (χ4n) is 8.32. The molecule has 2 heterocycles. The zero-order valence-electron chi connectivity index (χ0n) is 14.4. The maximum atomic E-state index is 12.8. The maximum Gasteiger partial charge on any atom is 0.315 e. The largest absolute Gasteiger partial charge is 0.481 e. The Hall–Kier alpha value is -1.14. The number of esters is 1. The van der Waals surface area contributed by atoms with Gasteiger partial charge in [-0.3, -0.25) is 9.59 Å². The molecule has 0 amide bonds. The summed E-state index contributed by atoms with van der Waals surface area (Å²) >= 11 is 0. The lowest BCUT2D eigenvalue weighted by molar-refractivity contribution is -0.162. The molecule has 4 bridgehead atoms. The Morgan fingerprint density at radius 3 is 2.72 bits per heavy atom. The molecule has 2 aliphatic heterocycles. The lowest BCUT2D eigenvalue weighted by Crippen LogP contribution is -2.53. The Kier molecular flexibility index (Phi) is 2.34. The highest BCUT2D eigenvalue weighted by Crippen LogP contribution is 2.79. The van der Waals surface area contributed by atoms with Crippen molar-refractivity contribution in [3.8, 4) is 0 Å². The van der Waals surface area contributed by atoms with Gasteiger partial charge in [-0.1, -0.05) is 0 Å². The van der Waals surface area contributed by atoms with Crippen molar-refractivity contribution in [3.05, 3.63) is 0 Å². The number of carboxylic acid groups (broad SMARTS) is 1. The summed E-state index contributed by atoms with van der Waals surface area (Å²) in [6.07, 6.45) is 3.89. The second kappa shape index (κ2) is 3.91. The van der Waals surface area contributed by atoms with Crippen molar-refractivity contribution in [2.24, 2.45) is 34.5 Å². The van der Waals surface area contributed by atoms with Crippen molar-refractivity contribution in [2.75, 3.05) is 6.61 Å². The molecule has 2 spiro atoms. The molecule has 9 atom stereocenters. The molecule has 0 aromatic heterocycles. The van der Waals surface area contributed by atoms with Gasteiger partial charge in [-0.05, 0) is 56.8 Å². The lowest BCUT2D eigenvalue weighted by atomic mass is 9.59. The lowest BCUT2D eigenvalue weighted by Gasteiger charge is -2.44. The van der Waals surface area contributed by atoms with Crippen molar-refractivity contribution >= 4 is 11.9 Å². The van der Waals surface area contributed by atoms with Crippen molar-refractivity contribution in [1.82, 2.24) is 0 Å². The van der Waals surface area contributed by atoms with Crippen LogP contribution in [0.15, 0.2) is 0 Å². The minimum atomic E-state index is -1.09. The second-order valence-corrected chi connectivity index (χ2v) is 9.77. The summed E-state index contributed by atoms with van der Waals surface area (Å²) in [5.41, 5.74) is -2.25. The summed E-state index contributed by atoms with van der Waals surface area (Å²) in [6.45, 7) is 2.49. The average molecular weight is 348 g/mol. The number of rotatable bonds is 1. The number of fused-ring (bicyclic) bond motifs is 2. The Morgan fingerprint density at radius 1 is 1.28 bits per heavy atom. The monoisotopic (exact) mass is 348 g/mol. The normalized spacial score (nSPS) is 63.3. The Labute approximate surface area is 145 Å². The first-order valence-corrected chi connectivity index (χ1v) is 9.58. The topological polar surface area (TPSA) is 96.4 Å². The van der Waals surface area contributed by atoms with Gasteiger partial charge in [-0.15, -0.1) is 0 Å². The second-order valence-electron chi connectivity index (χ2n) is 9.77. The van der Waals surface area contributed by atoms with Crippen molar-refractivity contribution in [3.63, 3.8) is 0 Å². The standard InChI is InChI=1S/C19H24O6/c1-16-11(20)4-5-19(25-15(16)23)10-3-2-9-6-17(10,7-18(9)8-24-18)12(13(16)19)14(21)22/h9-13,20H,2-8H2,1H3,(H,21,22)/t9-,10-,11+,12-,13-,16+,17-,18?,19-/m1/s1. The molecule has 25 heavy (non-hydrogen) atoms. The van der Waals surface area contributed by atoms with Crippen LogP contribution < -0.4 is 0 Å². The quantitative estimate of drug-likeness (QED) is 0.548. The predicted molar refractivity (Wildman–Crippen MR) is 83.4 cm³/mol. The third kappa shape index (κ3) is 1.32. The first-order chi connectivity index (χ1) is 11.8. The molecule has 6 fully saturated rings. The van der Waals surface area contributed by atoms with Crippen LogP contribution in [0.2, 0.25) is 0 Å². The molecule has 6 rings (SSSR count). The van der Waals surface area contributed by atoms with Crippen LogP contribution in [0.5, 0.6) is 0 Å². The summed E-state index contributed by atoms with van der Waals surface area (Å²) in [7, 11) is 0. The van der Waals surface area contributed by atoms with E-state index in [-0.39, 0.29) is 22.9 Å². The SMILES string of the molecule is C[C@]12C(=O)O[C@]3(CC[C@@H]1O)[C@@H]1CC[C@@H]4C[C@]1(CC41CO1)[C@@H](C(=O)O)[C@@H]32. The van der Waals surface area contributed by atoms with Crippen molar-refractivity contribution < 1.29 is 29.3 Å². The number of ether oxygens (including phenoxy) is 2. The van der Waals surface area contributed by atoms with Gasteiger partial charge in [0.25, 0.3) is 0 Å².